The molecule has 0 saturated heterocycles. The fourth-order valence-corrected chi connectivity index (χ4v) is 3.01. The van der Waals surface area contributed by atoms with E-state index in [-0.39, 0.29) is 5.91 Å². The molecule has 0 aliphatic rings. The van der Waals surface area contributed by atoms with E-state index in [0.717, 1.165) is 39.8 Å². The zero-order chi connectivity index (χ0) is 17.8. The van der Waals surface area contributed by atoms with Crippen molar-refractivity contribution in [3.8, 4) is 5.75 Å². The van der Waals surface area contributed by atoms with Gasteiger partial charge in [0.1, 0.15) is 11.3 Å². The van der Waals surface area contributed by atoms with Crippen molar-refractivity contribution in [1.29, 1.82) is 0 Å². The van der Waals surface area contributed by atoms with Gasteiger partial charge in [0.15, 0.2) is 0 Å². The van der Waals surface area contributed by atoms with Crippen LogP contribution in [0.2, 0.25) is 0 Å². The average molecular weight is 337 g/mol. The Labute approximate surface area is 147 Å². The SMILES string of the molecule is COc1ccccc1CCNC(=O)Cc1coc2c(C)c(C)ccc12. The molecule has 1 heterocycles. The van der Waals surface area contributed by atoms with Gasteiger partial charge in [0.05, 0.1) is 19.8 Å². The molecule has 1 amide bonds. The number of aryl methyl sites for hydroxylation is 2. The first-order chi connectivity index (χ1) is 12.1. The zero-order valence-corrected chi connectivity index (χ0v) is 14.9. The van der Waals surface area contributed by atoms with E-state index in [0.29, 0.717) is 13.0 Å². The van der Waals surface area contributed by atoms with Gasteiger partial charge >= 0.3 is 0 Å². The highest BCUT2D eigenvalue weighted by Crippen LogP contribution is 2.26. The molecular formula is C21H23NO3. The van der Waals surface area contributed by atoms with E-state index in [1.165, 1.54) is 5.56 Å². The molecule has 0 saturated carbocycles. The van der Waals surface area contributed by atoms with Gasteiger partial charge in [0, 0.05) is 17.5 Å². The standard InChI is InChI=1S/C21H23NO3/c1-14-8-9-18-17(13-25-21(18)15(14)2)12-20(23)22-11-10-16-6-4-5-7-19(16)24-3/h4-9,13H,10-12H2,1-3H3,(H,22,23). The van der Waals surface area contributed by atoms with Crippen LogP contribution in [-0.2, 0) is 17.6 Å². The minimum atomic E-state index is -0.00386. The monoisotopic (exact) mass is 337 g/mol. The third-order valence-electron chi connectivity index (χ3n) is 4.60. The lowest BCUT2D eigenvalue weighted by Gasteiger charge is -2.09. The van der Waals surface area contributed by atoms with E-state index in [9.17, 15) is 4.79 Å². The Morgan fingerprint density at radius 1 is 1.12 bits per heavy atom. The highest BCUT2D eigenvalue weighted by Gasteiger charge is 2.12. The number of carbonyl (C=O) groups is 1. The second-order valence-electron chi connectivity index (χ2n) is 6.23. The summed E-state index contributed by atoms with van der Waals surface area (Å²) in [6.07, 6.45) is 2.75. The molecule has 4 heteroatoms. The topological polar surface area (TPSA) is 51.5 Å². The van der Waals surface area contributed by atoms with Crippen LogP contribution >= 0.6 is 0 Å². The molecule has 0 fully saturated rings. The summed E-state index contributed by atoms with van der Waals surface area (Å²) in [5.74, 6) is 0.847. The van der Waals surface area contributed by atoms with Gasteiger partial charge in [-0.2, -0.15) is 0 Å². The molecule has 0 aliphatic heterocycles. The first-order valence-electron chi connectivity index (χ1n) is 8.45. The molecule has 2 aromatic carbocycles. The highest BCUT2D eigenvalue weighted by molar-refractivity contribution is 5.89. The van der Waals surface area contributed by atoms with Crippen molar-refractivity contribution in [3.63, 3.8) is 0 Å². The number of nitrogens with one attached hydrogen (secondary N) is 1. The fourth-order valence-electron chi connectivity index (χ4n) is 3.01. The molecular weight excluding hydrogens is 314 g/mol. The number of benzene rings is 2. The Morgan fingerprint density at radius 3 is 2.72 bits per heavy atom. The maximum atomic E-state index is 12.3. The van der Waals surface area contributed by atoms with Crippen molar-refractivity contribution in [2.24, 2.45) is 0 Å². The number of furan rings is 1. The van der Waals surface area contributed by atoms with Gasteiger partial charge in [-0.05, 0) is 43.0 Å². The smallest absolute Gasteiger partial charge is 0.224 e. The molecule has 0 bridgehead atoms. The molecule has 25 heavy (non-hydrogen) atoms. The third kappa shape index (κ3) is 3.68. The number of amides is 1. The summed E-state index contributed by atoms with van der Waals surface area (Å²) < 4.78 is 11.0. The number of methoxy groups -OCH3 is 1. The molecule has 3 aromatic rings. The van der Waals surface area contributed by atoms with Gasteiger partial charge in [-0.25, -0.2) is 0 Å². The predicted octanol–water partition coefficient (Wildman–Crippen LogP) is 3.96. The molecule has 1 N–H and O–H groups in total. The van der Waals surface area contributed by atoms with Crippen LogP contribution in [0.3, 0.4) is 0 Å². The van der Waals surface area contributed by atoms with Gasteiger partial charge in [-0.1, -0.05) is 30.3 Å². The largest absolute Gasteiger partial charge is 0.496 e. The van der Waals surface area contributed by atoms with Crippen LogP contribution in [-0.4, -0.2) is 19.6 Å². The third-order valence-corrected chi connectivity index (χ3v) is 4.60. The highest BCUT2D eigenvalue weighted by atomic mass is 16.5. The number of para-hydroxylation sites is 1. The summed E-state index contributed by atoms with van der Waals surface area (Å²) in [6.45, 7) is 4.67. The summed E-state index contributed by atoms with van der Waals surface area (Å²) >= 11 is 0. The van der Waals surface area contributed by atoms with Crippen LogP contribution in [0.5, 0.6) is 5.75 Å². The summed E-state index contributed by atoms with van der Waals surface area (Å²) in [7, 11) is 1.66. The van der Waals surface area contributed by atoms with E-state index < -0.39 is 0 Å². The van der Waals surface area contributed by atoms with E-state index in [2.05, 4.69) is 18.3 Å². The van der Waals surface area contributed by atoms with Gasteiger partial charge in [-0.3, -0.25) is 4.79 Å². The Balaban J connectivity index is 1.61. The maximum absolute atomic E-state index is 12.3. The maximum Gasteiger partial charge on any atom is 0.224 e. The molecule has 0 unspecified atom stereocenters. The number of ether oxygens (including phenoxy) is 1. The number of hydrogen-bond acceptors (Lipinski definition) is 3. The van der Waals surface area contributed by atoms with Gasteiger partial charge in [0.25, 0.3) is 0 Å². The quantitative estimate of drug-likeness (QED) is 0.741. The van der Waals surface area contributed by atoms with Crippen LogP contribution in [0, 0.1) is 13.8 Å². The van der Waals surface area contributed by atoms with Crippen LogP contribution in [0.1, 0.15) is 22.3 Å². The second kappa shape index (κ2) is 7.43. The minimum Gasteiger partial charge on any atom is -0.496 e. The normalized spacial score (nSPS) is 10.8. The first kappa shape index (κ1) is 17.1. The average Bonchev–Trinajstić information content (AvgIpc) is 3.02. The number of fused-ring (bicyclic) bond motifs is 1. The summed E-state index contributed by atoms with van der Waals surface area (Å²) in [6, 6.07) is 11.9. The molecule has 4 nitrogen and oxygen atoms in total. The van der Waals surface area contributed by atoms with Crippen molar-refractivity contribution in [2.45, 2.75) is 26.7 Å². The lowest BCUT2D eigenvalue weighted by molar-refractivity contribution is -0.120. The van der Waals surface area contributed by atoms with Crippen LogP contribution in [0.15, 0.2) is 47.1 Å². The molecule has 0 radical (unpaired) electrons. The summed E-state index contributed by atoms with van der Waals surface area (Å²) in [4.78, 5) is 12.3. The summed E-state index contributed by atoms with van der Waals surface area (Å²) in [5, 5.41) is 3.99. The Hall–Kier alpha value is -2.75. The molecule has 3 rings (SSSR count). The zero-order valence-electron chi connectivity index (χ0n) is 14.9. The lowest BCUT2D eigenvalue weighted by Crippen LogP contribution is -2.27. The predicted molar refractivity (Wildman–Crippen MR) is 99.1 cm³/mol. The van der Waals surface area contributed by atoms with Gasteiger partial charge < -0.3 is 14.5 Å². The van der Waals surface area contributed by atoms with Gasteiger partial charge in [0.2, 0.25) is 5.91 Å². The molecule has 1 aromatic heterocycles. The van der Waals surface area contributed by atoms with Crippen molar-refractivity contribution in [1.82, 2.24) is 5.32 Å². The van der Waals surface area contributed by atoms with Gasteiger partial charge in [-0.15, -0.1) is 0 Å². The molecule has 0 atom stereocenters. The van der Waals surface area contributed by atoms with Crippen molar-refractivity contribution in [2.75, 3.05) is 13.7 Å². The van der Waals surface area contributed by atoms with E-state index in [1.54, 1.807) is 13.4 Å². The van der Waals surface area contributed by atoms with Crippen molar-refractivity contribution in [3.05, 3.63) is 64.9 Å². The Morgan fingerprint density at radius 2 is 1.92 bits per heavy atom. The molecule has 130 valence electrons. The lowest BCUT2D eigenvalue weighted by atomic mass is 10.0. The van der Waals surface area contributed by atoms with E-state index in [4.69, 9.17) is 9.15 Å². The fraction of sp³-hybridized carbons (Fsp3) is 0.286. The number of carbonyl (C=O) groups excluding carboxylic acids is 1. The number of hydrogen-bond donors (Lipinski definition) is 1. The number of rotatable bonds is 6. The summed E-state index contributed by atoms with van der Waals surface area (Å²) in [5.41, 5.74) is 5.20. The van der Waals surface area contributed by atoms with Crippen LogP contribution in [0.4, 0.5) is 0 Å². The van der Waals surface area contributed by atoms with Crippen LogP contribution < -0.4 is 10.1 Å². The van der Waals surface area contributed by atoms with Crippen molar-refractivity contribution < 1.29 is 13.9 Å². The molecule has 0 aliphatic carbocycles. The first-order valence-corrected chi connectivity index (χ1v) is 8.45. The Bertz CT molecular complexity index is 895. The van der Waals surface area contributed by atoms with E-state index in [1.807, 2.05) is 37.3 Å². The second-order valence-corrected chi connectivity index (χ2v) is 6.23. The minimum absolute atomic E-state index is 0.00386. The van der Waals surface area contributed by atoms with Crippen molar-refractivity contribution >= 4 is 16.9 Å². The Kier molecular flexibility index (Phi) is 5.08. The van der Waals surface area contributed by atoms with E-state index >= 15 is 0 Å². The molecule has 0 spiro atoms. The van der Waals surface area contributed by atoms with Crippen LogP contribution in [0.25, 0.3) is 11.0 Å².